The van der Waals surface area contributed by atoms with Crippen LogP contribution in [0.3, 0.4) is 0 Å². The molecule has 1 fully saturated rings. The minimum Gasteiger partial charge on any atom is -0.395 e. The number of aliphatic hydroxyl groups is 1. The van der Waals surface area contributed by atoms with Gasteiger partial charge in [-0.15, -0.1) is 0 Å². The zero-order chi connectivity index (χ0) is 13.0. The molecule has 1 aromatic rings. The van der Waals surface area contributed by atoms with E-state index in [-0.39, 0.29) is 12.6 Å². The molecule has 0 heterocycles. The van der Waals surface area contributed by atoms with Crippen molar-refractivity contribution in [2.75, 3.05) is 13.2 Å². The lowest BCUT2D eigenvalue weighted by molar-refractivity contribution is 0.173. The largest absolute Gasteiger partial charge is 0.395 e. The minimum atomic E-state index is -0.0912. The van der Waals surface area contributed by atoms with Gasteiger partial charge in [0, 0.05) is 23.6 Å². The molecule has 2 amide bonds. The lowest BCUT2D eigenvalue weighted by Crippen LogP contribution is -2.42. The first kappa shape index (κ1) is 13.4. The van der Waals surface area contributed by atoms with Gasteiger partial charge in [0.05, 0.1) is 6.61 Å². The second kappa shape index (κ2) is 6.20. The van der Waals surface area contributed by atoms with E-state index in [0.29, 0.717) is 19.1 Å². The number of nitrogens with zero attached hydrogens (tertiary/aromatic N) is 1. The number of urea groups is 1. The average molecular weight is 313 g/mol. The Morgan fingerprint density at radius 3 is 2.89 bits per heavy atom. The third-order valence-corrected chi connectivity index (χ3v) is 3.42. The van der Waals surface area contributed by atoms with Crippen LogP contribution in [0.25, 0.3) is 0 Å². The summed E-state index contributed by atoms with van der Waals surface area (Å²) in [7, 11) is 0. The average Bonchev–Trinajstić information content (AvgIpc) is 3.17. The number of halogens is 1. The maximum atomic E-state index is 12.0. The van der Waals surface area contributed by atoms with E-state index < -0.39 is 0 Å². The van der Waals surface area contributed by atoms with Crippen molar-refractivity contribution in [3.05, 3.63) is 34.3 Å². The van der Waals surface area contributed by atoms with Gasteiger partial charge in [-0.05, 0) is 30.5 Å². The molecule has 0 aromatic heterocycles. The molecule has 5 heteroatoms. The zero-order valence-electron chi connectivity index (χ0n) is 10.1. The molecule has 0 atom stereocenters. The molecule has 2 rings (SSSR count). The second-order valence-electron chi connectivity index (χ2n) is 4.44. The molecule has 2 N–H and O–H groups in total. The molecule has 0 unspecified atom stereocenters. The van der Waals surface area contributed by atoms with Crippen LogP contribution in [-0.4, -0.2) is 35.2 Å². The van der Waals surface area contributed by atoms with E-state index in [1.165, 1.54) is 0 Å². The van der Waals surface area contributed by atoms with Crippen molar-refractivity contribution < 1.29 is 9.90 Å². The first-order chi connectivity index (χ1) is 8.70. The quantitative estimate of drug-likeness (QED) is 0.875. The summed E-state index contributed by atoms with van der Waals surface area (Å²) < 4.78 is 1.00. The van der Waals surface area contributed by atoms with Gasteiger partial charge < -0.3 is 15.3 Å². The fourth-order valence-corrected chi connectivity index (χ4v) is 2.32. The standard InChI is InChI=1S/C13H17BrN2O2/c14-11-3-1-2-10(8-11)9-15-13(18)16(6-7-17)12-4-5-12/h1-3,8,12,17H,4-7,9H2,(H,15,18). The third-order valence-electron chi connectivity index (χ3n) is 2.92. The Morgan fingerprint density at radius 2 is 2.28 bits per heavy atom. The van der Waals surface area contributed by atoms with E-state index in [9.17, 15) is 4.79 Å². The van der Waals surface area contributed by atoms with Gasteiger partial charge in [-0.1, -0.05) is 28.1 Å². The summed E-state index contributed by atoms with van der Waals surface area (Å²) >= 11 is 3.40. The molecule has 4 nitrogen and oxygen atoms in total. The van der Waals surface area contributed by atoms with E-state index in [2.05, 4.69) is 21.2 Å². The summed E-state index contributed by atoms with van der Waals surface area (Å²) in [5.74, 6) is 0. The summed E-state index contributed by atoms with van der Waals surface area (Å²) in [4.78, 5) is 13.7. The first-order valence-electron chi connectivity index (χ1n) is 6.10. The van der Waals surface area contributed by atoms with Crippen LogP contribution in [-0.2, 0) is 6.54 Å². The topological polar surface area (TPSA) is 52.6 Å². The number of amides is 2. The van der Waals surface area contributed by atoms with Crippen molar-refractivity contribution in [3.63, 3.8) is 0 Å². The van der Waals surface area contributed by atoms with Crippen molar-refractivity contribution in [2.24, 2.45) is 0 Å². The van der Waals surface area contributed by atoms with Crippen LogP contribution in [0.2, 0.25) is 0 Å². The Morgan fingerprint density at radius 1 is 1.50 bits per heavy atom. The van der Waals surface area contributed by atoms with Gasteiger partial charge in [0.1, 0.15) is 0 Å². The number of carbonyl (C=O) groups is 1. The van der Waals surface area contributed by atoms with Crippen molar-refractivity contribution in [1.29, 1.82) is 0 Å². The normalized spacial score (nSPS) is 14.3. The highest BCUT2D eigenvalue weighted by molar-refractivity contribution is 9.10. The zero-order valence-corrected chi connectivity index (χ0v) is 11.7. The second-order valence-corrected chi connectivity index (χ2v) is 5.35. The number of hydrogen-bond acceptors (Lipinski definition) is 2. The maximum absolute atomic E-state index is 12.0. The molecule has 98 valence electrons. The highest BCUT2D eigenvalue weighted by atomic mass is 79.9. The highest BCUT2D eigenvalue weighted by Gasteiger charge is 2.31. The Bertz CT molecular complexity index is 421. The fourth-order valence-electron chi connectivity index (χ4n) is 1.87. The van der Waals surface area contributed by atoms with Crippen molar-refractivity contribution >= 4 is 22.0 Å². The summed E-state index contributed by atoms with van der Waals surface area (Å²) in [6.07, 6.45) is 2.09. The number of nitrogens with one attached hydrogen (secondary N) is 1. The van der Waals surface area contributed by atoms with Crippen LogP contribution >= 0.6 is 15.9 Å². The molecule has 0 bridgehead atoms. The van der Waals surface area contributed by atoms with Gasteiger partial charge in [-0.25, -0.2) is 4.79 Å². The number of rotatable bonds is 5. The van der Waals surface area contributed by atoms with Crippen LogP contribution in [0.1, 0.15) is 18.4 Å². The molecule has 18 heavy (non-hydrogen) atoms. The van der Waals surface area contributed by atoms with Gasteiger partial charge in [0.25, 0.3) is 0 Å². The fraction of sp³-hybridized carbons (Fsp3) is 0.462. The Labute approximate surface area is 115 Å². The Hall–Kier alpha value is -1.07. The predicted molar refractivity (Wildman–Crippen MR) is 73.2 cm³/mol. The maximum Gasteiger partial charge on any atom is 0.317 e. The van der Waals surface area contributed by atoms with Gasteiger partial charge in [-0.3, -0.25) is 0 Å². The summed E-state index contributed by atoms with van der Waals surface area (Å²) in [5, 5.41) is 11.8. The van der Waals surface area contributed by atoms with Crippen molar-refractivity contribution in [1.82, 2.24) is 10.2 Å². The molecule has 0 saturated heterocycles. The lowest BCUT2D eigenvalue weighted by Gasteiger charge is -2.21. The molecule has 0 radical (unpaired) electrons. The van der Waals surface area contributed by atoms with E-state index in [0.717, 1.165) is 22.9 Å². The Kier molecular flexibility index (Phi) is 4.60. The van der Waals surface area contributed by atoms with E-state index in [1.54, 1.807) is 4.90 Å². The van der Waals surface area contributed by atoms with Crippen LogP contribution in [0.5, 0.6) is 0 Å². The molecule has 1 aliphatic carbocycles. The summed E-state index contributed by atoms with van der Waals surface area (Å²) in [6.45, 7) is 0.933. The molecule has 1 saturated carbocycles. The third kappa shape index (κ3) is 3.71. The van der Waals surface area contributed by atoms with Crippen LogP contribution in [0, 0.1) is 0 Å². The number of aliphatic hydroxyl groups excluding tert-OH is 1. The van der Waals surface area contributed by atoms with Crippen LogP contribution < -0.4 is 5.32 Å². The SMILES string of the molecule is O=C(NCc1cccc(Br)c1)N(CCO)C1CC1. The Balaban J connectivity index is 1.86. The number of hydrogen-bond donors (Lipinski definition) is 2. The van der Waals surface area contributed by atoms with Gasteiger partial charge in [0.15, 0.2) is 0 Å². The van der Waals surface area contributed by atoms with E-state index in [1.807, 2.05) is 24.3 Å². The monoisotopic (exact) mass is 312 g/mol. The van der Waals surface area contributed by atoms with Crippen LogP contribution in [0.15, 0.2) is 28.7 Å². The molecular weight excluding hydrogens is 296 g/mol. The number of benzene rings is 1. The van der Waals surface area contributed by atoms with E-state index >= 15 is 0 Å². The summed E-state index contributed by atoms with van der Waals surface area (Å²) in [5.41, 5.74) is 1.05. The van der Waals surface area contributed by atoms with Crippen LogP contribution in [0.4, 0.5) is 4.79 Å². The van der Waals surface area contributed by atoms with Gasteiger partial charge in [-0.2, -0.15) is 0 Å². The van der Waals surface area contributed by atoms with Crippen molar-refractivity contribution in [3.8, 4) is 0 Å². The van der Waals surface area contributed by atoms with E-state index in [4.69, 9.17) is 5.11 Å². The first-order valence-corrected chi connectivity index (χ1v) is 6.90. The van der Waals surface area contributed by atoms with Crippen molar-refractivity contribution in [2.45, 2.75) is 25.4 Å². The molecule has 1 aliphatic rings. The molecule has 0 aliphatic heterocycles. The predicted octanol–water partition coefficient (Wildman–Crippen LogP) is 2.12. The smallest absolute Gasteiger partial charge is 0.317 e. The van der Waals surface area contributed by atoms with Gasteiger partial charge >= 0.3 is 6.03 Å². The highest BCUT2D eigenvalue weighted by Crippen LogP contribution is 2.26. The lowest BCUT2D eigenvalue weighted by atomic mass is 10.2. The van der Waals surface area contributed by atoms with Gasteiger partial charge in [0.2, 0.25) is 0 Å². The molecule has 1 aromatic carbocycles. The molecule has 0 spiro atoms. The summed E-state index contributed by atoms with van der Waals surface area (Å²) in [6, 6.07) is 8.07. The molecular formula is C13H17BrN2O2. The number of carbonyl (C=O) groups excluding carboxylic acids is 1. The minimum absolute atomic E-state index is 0.0147.